The first-order valence-electron chi connectivity index (χ1n) is 2.79. The van der Waals surface area contributed by atoms with E-state index in [2.05, 4.69) is 9.97 Å². The van der Waals surface area contributed by atoms with Gasteiger partial charge in [-0.05, 0) is 0 Å². The molecule has 7 heteroatoms. The summed E-state index contributed by atoms with van der Waals surface area (Å²) >= 11 is 5.41. The molecule has 0 unspecified atom stereocenters. The summed E-state index contributed by atoms with van der Waals surface area (Å²) in [5.41, 5.74) is 0. The number of halogens is 2. The molecular formula is C5H4ClFN2O2S. The van der Waals surface area contributed by atoms with Gasteiger partial charge in [0.15, 0.2) is 14.9 Å². The molecule has 0 atom stereocenters. The van der Waals surface area contributed by atoms with Gasteiger partial charge in [0.25, 0.3) is 0 Å². The average molecular weight is 211 g/mol. The Hall–Kier alpha value is -0.750. The van der Waals surface area contributed by atoms with Crippen LogP contribution < -0.4 is 0 Å². The lowest BCUT2D eigenvalue weighted by Crippen LogP contribution is -2.04. The standard InChI is InChI=1S/C5H4ClFN2O2S/c1-12(10,11)4-3(6)2-8-5(7)9-4/h2H,1H3. The van der Waals surface area contributed by atoms with E-state index in [0.29, 0.717) is 0 Å². The highest BCUT2D eigenvalue weighted by molar-refractivity contribution is 7.90. The van der Waals surface area contributed by atoms with Crippen LogP contribution in [0.4, 0.5) is 4.39 Å². The van der Waals surface area contributed by atoms with Crippen molar-refractivity contribution in [2.75, 3.05) is 6.26 Å². The van der Waals surface area contributed by atoms with Gasteiger partial charge in [0, 0.05) is 6.26 Å². The molecule has 0 aliphatic heterocycles. The Bertz CT molecular complexity index is 406. The lowest BCUT2D eigenvalue weighted by atomic mass is 10.7. The minimum atomic E-state index is -3.58. The van der Waals surface area contributed by atoms with Gasteiger partial charge < -0.3 is 0 Å². The quantitative estimate of drug-likeness (QED) is 0.505. The summed E-state index contributed by atoms with van der Waals surface area (Å²) in [5.74, 6) is 0. The number of hydrogen-bond donors (Lipinski definition) is 0. The van der Waals surface area contributed by atoms with E-state index in [1.165, 1.54) is 0 Å². The van der Waals surface area contributed by atoms with E-state index in [4.69, 9.17) is 11.6 Å². The highest BCUT2D eigenvalue weighted by atomic mass is 35.5. The van der Waals surface area contributed by atoms with E-state index in [9.17, 15) is 12.8 Å². The second-order valence-corrected chi connectivity index (χ2v) is 4.40. The van der Waals surface area contributed by atoms with E-state index in [1.54, 1.807) is 0 Å². The summed E-state index contributed by atoms with van der Waals surface area (Å²) in [6.07, 6.45) is 0.681. The summed E-state index contributed by atoms with van der Waals surface area (Å²) in [7, 11) is -3.58. The van der Waals surface area contributed by atoms with Crippen LogP contribution in [0.15, 0.2) is 11.2 Å². The third kappa shape index (κ3) is 1.89. The summed E-state index contributed by atoms with van der Waals surface area (Å²) in [5, 5.41) is -0.671. The first-order valence-corrected chi connectivity index (χ1v) is 5.06. The predicted molar refractivity (Wildman–Crippen MR) is 40.1 cm³/mol. The zero-order valence-corrected chi connectivity index (χ0v) is 7.52. The lowest BCUT2D eigenvalue weighted by Gasteiger charge is -1.98. The van der Waals surface area contributed by atoms with Crippen LogP contribution in [0.2, 0.25) is 5.02 Å². The minimum Gasteiger partial charge on any atom is -0.222 e. The molecule has 12 heavy (non-hydrogen) atoms. The molecule has 4 nitrogen and oxygen atoms in total. The number of nitrogens with zero attached hydrogens (tertiary/aromatic N) is 2. The summed E-state index contributed by atoms with van der Waals surface area (Å²) in [6.45, 7) is 0. The molecule has 1 heterocycles. The van der Waals surface area contributed by atoms with Crippen LogP contribution in [0.25, 0.3) is 0 Å². The van der Waals surface area contributed by atoms with Gasteiger partial charge in [-0.1, -0.05) is 11.6 Å². The molecule has 0 bridgehead atoms. The van der Waals surface area contributed by atoms with Gasteiger partial charge in [-0.3, -0.25) is 0 Å². The molecule has 1 aromatic heterocycles. The van der Waals surface area contributed by atoms with Crippen LogP contribution in [0.1, 0.15) is 0 Å². The predicted octanol–water partition coefficient (Wildman–Crippen LogP) is 0.673. The van der Waals surface area contributed by atoms with Gasteiger partial charge in [0.05, 0.1) is 11.2 Å². The van der Waals surface area contributed by atoms with Crippen molar-refractivity contribution in [2.24, 2.45) is 0 Å². The fraction of sp³-hybridized carbons (Fsp3) is 0.200. The summed E-state index contributed by atoms with van der Waals surface area (Å²) in [4.78, 5) is 6.12. The third-order valence-electron chi connectivity index (χ3n) is 1.03. The molecule has 0 saturated heterocycles. The molecule has 0 saturated carbocycles. The van der Waals surface area contributed by atoms with Crippen molar-refractivity contribution in [1.82, 2.24) is 9.97 Å². The molecule has 0 aromatic carbocycles. The van der Waals surface area contributed by atoms with Gasteiger partial charge in [-0.25, -0.2) is 13.4 Å². The molecule has 0 fully saturated rings. The van der Waals surface area contributed by atoms with E-state index >= 15 is 0 Å². The van der Waals surface area contributed by atoms with Crippen LogP contribution in [0, 0.1) is 6.08 Å². The van der Waals surface area contributed by atoms with Crippen LogP contribution >= 0.6 is 11.6 Å². The van der Waals surface area contributed by atoms with E-state index < -0.39 is 20.9 Å². The number of sulfone groups is 1. The van der Waals surface area contributed by atoms with Gasteiger partial charge in [0.1, 0.15) is 0 Å². The van der Waals surface area contributed by atoms with Gasteiger partial charge in [-0.2, -0.15) is 9.37 Å². The van der Waals surface area contributed by atoms with Gasteiger partial charge in [-0.15, -0.1) is 0 Å². The second kappa shape index (κ2) is 2.95. The van der Waals surface area contributed by atoms with Crippen molar-refractivity contribution in [3.8, 4) is 0 Å². The number of hydrogen-bond acceptors (Lipinski definition) is 4. The maximum Gasteiger partial charge on any atom is 0.309 e. The molecule has 0 N–H and O–H groups in total. The van der Waals surface area contributed by atoms with E-state index in [-0.39, 0.29) is 5.02 Å². The molecule has 0 amide bonds. The Kier molecular flexibility index (Phi) is 2.29. The van der Waals surface area contributed by atoms with Crippen molar-refractivity contribution >= 4 is 21.4 Å². The van der Waals surface area contributed by atoms with Crippen LogP contribution in [-0.4, -0.2) is 24.6 Å². The number of rotatable bonds is 1. The summed E-state index contributed by atoms with van der Waals surface area (Å²) in [6, 6.07) is 0. The fourth-order valence-electron chi connectivity index (χ4n) is 0.591. The maximum atomic E-state index is 12.3. The molecule has 1 aromatic rings. The summed E-state index contributed by atoms with van der Waals surface area (Å²) < 4.78 is 34.1. The molecule has 66 valence electrons. The third-order valence-corrected chi connectivity index (χ3v) is 2.44. The first kappa shape index (κ1) is 9.34. The smallest absolute Gasteiger partial charge is 0.222 e. The SMILES string of the molecule is CS(=O)(=O)c1nc(F)ncc1Cl. The Morgan fingerprint density at radius 2 is 2.17 bits per heavy atom. The van der Waals surface area contributed by atoms with Crippen molar-refractivity contribution in [1.29, 1.82) is 0 Å². The van der Waals surface area contributed by atoms with Crippen LogP contribution in [0.3, 0.4) is 0 Å². The van der Waals surface area contributed by atoms with Crippen molar-refractivity contribution < 1.29 is 12.8 Å². The largest absolute Gasteiger partial charge is 0.309 e. The topological polar surface area (TPSA) is 59.9 Å². The zero-order chi connectivity index (χ0) is 9.35. The second-order valence-electron chi connectivity index (χ2n) is 2.06. The molecule has 0 radical (unpaired) electrons. The Balaban J connectivity index is 3.43. The van der Waals surface area contributed by atoms with Crippen LogP contribution in [0.5, 0.6) is 0 Å². The molecule has 0 spiro atoms. The van der Waals surface area contributed by atoms with E-state index in [1.807, 2.05) is 0 Å². The number of aromatic nitrogens is 2. The van der Waals surface area contributed by atoms with Crippen molar-refractivity contribution in [3.05, 3.63) is 17.3 Å². The molecular weight excluding hydrogens is 207 g/mol. The van der Waals surface area contributed by atoms with Gasteiger partial charge in [0.2, 0.25) is 0 Å². The first-order chi connectivity index (χ1) is 5.41. The monoisotopic (exact) mass is 210 g/mol. The Morgan fingerprint density at radius 3 is 2.58 bits per heavy atom. The maximum absolute atomic E-state index is 12.3. The molecule has 0 aliphatic rings. The Labute approximate surface area is 73.3 Å². The average Bonchev–Trinajstić information content (AvgIpc) is 1.92. The zero-order valence-electron chi connectivity index (χ0n) is 5.95. The lowest BCUT2D eigenvalue weighted by molar-refractivity contribution is 0.520. The normalized spacial score (nSPS) is 11.6. The molecule has 0 aliphatic carbocycles. The highest BCUT2D eigenvalue weighted by Gasteiger charge is 2.15. The van der Waals surface area contributed by atoms with E-state index in [0.717, 1.165) is 12.5 Å². The van der Waals surface area contributed by atoms with Crippen molar-refractivity contribution in [2.45, 2.75) is 5.03 Å². The highest BCUT2D eigenvalue weighted by Crippen LogP contribution is 2.16. The minimum absolute atomic E-state index is 0.182. The molecule has 1 rings (SSSR count). The fourth-order valence-corrected chi connectivity index (χ4v) is 1.75. The Morgan fingerprint density at radius 1 is 1.58 bits per heavy atom. The van der Waals surface area contributed by atoms with Crippen LogP contribution in [-0.2, 0) is 9.84 Å². The van der Waals surface area contributed by atoms with Crippen molar-refractivity contribution in [3.63, 3.8) is 0 Å². The van der Waals surface area contributed by atoms with Gasteiger partial charge >= 0.3 is 6.08 Å².